The number of piperidine rings is 1. The van der Waals surface area contributed by atoms with Gasteiger partial charge < -0.3 is 9.80 Å². The van der Waals surface area contributed by atoms with Crippen LogP contribution >= 0.6 is 0 Å². The Morgan fingerprint density at radius 2 is 1.50 bits per heavy atom. The number of benzene rings is 1. The lowest BCUT2D eigenvalue weighted by Crippen LogP contribution is -2.49. The molecular weight excluding hydrogens is 398 g/mol. The average molecular weight is 430 g/mol. The number of nitrogens with zero attached hydrogens (tertiary/aromatic N) is 5. The van der Waals surface area contributed by atoms with Crippen LogP contribution in [0.4, 0.5) is 11.8 Å². The zero-order valence-corrected chi connectivity index (χ0v) is 18.7. The summed E-state index contributed by atoms with van der Waals surface area (Å²) in [6, 6.07) is 9.72. The van der Waals surface area contributed by atoms with Gasteiger partial charge in [0.25, 0.3) is 0 Å². The van der Waals surface area contributed by atoms with Gasteiger partial charge in [-0.15, -0.1) is 0 Å². The van der Waals surface area contributed by atoms with Crippen molar-refractivity contribution in [1.29, 1.82) is 0 Å². The summed E-state index contributed by atoms with van der Waals surface area (Å²) in [4.78, 5) is 13.9. The highest BCUT2D eigenvalue weighted by molar-refractivity contribution is 7.88. The van der Waals surface area contributed by atoms with Crippen molar-refractivity contribution in [3.63, 3.8) is 0 Å². The van der Waals surface area contributed by atoms with E-state index in [0.29, 0.717) is 26.2 Å². The van der Waals surface area contributed by atoms with E-state index >= 15 is 0 Å². The van der Waals surface area contributed by atoms with E-state index in [2.05, 4.69) is 14.8 Å². The molecule has 0 amide bonds. The molecule has 0 bridgehead atoms. The van der Waals surface area contributed by atoms with Gasteiger partial charge in [-0.25, -0.2) is 13.4 Å². The number of sulfonamides is 1. The Hall–Kier alpha value is -2.19. The molecule has 2 aliphatic rings. The molecule has 0 aliphatic carbocycles. The first-order valence-electron chi connectivity index (χ1n) is 10.8. The van der Waals surface area contributed by atoms with Crippen LogP contribution < -0.4 is 9.80 Å². The molecule has 0 N–H and O–H groups in total. The lowest BCUT2D eigenvalue weighted by Gasteiger charge is -2.35. The quantitative estimate of drug-likeness (QED) is 0.728. The Bertz CT molecular complexity index is 964. The van der Waals surface area contributed by atoms with Crippen molar-refractivity contribution in [3.05, 3.63) is 47.2 Å². The molecule has 0 saturated carbocycles. The van der Waals surface area contributed by atoms with Gasteiger partial charge in [0, 0.05) is 51.0 Å². The van der Waals surface area contributed by atoms with Crippen LogP contribution in [0, 0.1) is 13.8 Å². The molecule has 1 aromatic carbocycles. The van der Waals surface area contributed by atoms with E-state index in [1.54, 1.807) is 4.31 Å². The van der Waals surface area contributed by atoms with Crippen LogP contribution in [0.15, 0.2) is 30.3 Å². The predicted molar refractivity (Wildman–Crippen MR) is 120 cm³/mol. The Morgan fingerprint density at radius 1 is 0.833 bits per heavy atom. The fraction of sp³-hybridized carbons (Fsp3) is 0.545. The maximum absolute atomic E-state index is 12.9. The first-order valence-corrected chi connectivity index (χ1v) is 12.4. The molecular formula is C22H31N5O2S. The third-order valence-corrected chi connectivity index (χ3v) is 7.74. The summed E-state index contributed by atoms with van der Waals surface area (Å²) in [5, 5.41) is 0. The SMILES string of the molecule is Cc1ccc(CS(=O)(=O)N2CCN(c3cc(C)nc(N4CCCCC4)n3)CC2)cc1. The third kappa shape index (κ3) is 4.92. The minimum Gasteiger partial charge on any atom is -0.354 e. The number of aromatic nitrogens is 2. The number of hydrogen-bond acceptors (Lipinski definition) is 6. The number of rotatable bonds is 5. The Balaban J connectivity index is 1.41. The van der Waals surface area contributed by atoms with E-state index < -0.39 is 10.0 Å². The zero-order chi connectivity index (χ0) is 21.1. The van der Waals surface area contributed by atoms with Crippen molar-refractivity contribution in [2.75, 3.05) is 49.1 Å². The van der Waals surface area contributed by atoms with Crippen LogP contribution in [0.3, 0.4) is 0 Å². The van der Waals surface area contributed by atoms with E-state index in [4.69, 9.17) is 4.98 Å². The van der Waals surface area contributed by atoms with Crippen molar-refractivity contribution < 1.29 is 8.42 Å². The molecule has 162 valence electrons. The van der Waals surface area contributed by atoms with Gasteiger partial charge in [0.1, 0.15) is 5.82 Å². The smallest absolute Gasteiger partial charge is 0.227 e. The first kappa shape index (κ1) is 21.1. The van der Waals surface area contributed by atoms with Gasteiger partial charge in [0.2, 0.25) is 16.0 Å². The Labute approximate surface area is 179 Å². The molecule has 3 heterocycles. The van der Waals surface area contributed by atoms with Gasteiger partial charge >= 0.3 is 0 Å². The Morgan fingerprint density at radius 3 is 2.17 bits per heavy atom. The lowest BCUT2D eigenvalue weighted by molar-refractivity contribution is 0.383. The molecule has 2 fully saturated rings. The minimum atomic E-state index is -3.32. The molecule has 30 heavy (non-hydrogen) atoms. The minimum absolute atomic E-state index is 0.0546. The zero-order valence-electron chi connectivity index (χ0n) is 17.9. The van der Waals surface area contributed by atoms with Crippen molar-refractivity contribution in [3.8, 4) is 0 Å². The average Bonchev–Trinajstić information content (AvgIpc) is 2.75. The van der Waals surface area contributed by atoms with Gasteiger partial charge in [0.05, 0.1) is 5.75 Å². The molecule has 0 atom stereocenters. The van der Waals surface area contributed by atoms with E-state index in [1.807, 2.05) is 44.2 Å². The summed E-state index contributed by atoms with van der Waals surface area (Å²) in [5.41, 5.74) is 2.92. The molecule has 0 radical (unpaired) electrons. The number of anilines is 2. The molecule has 0 unspecified atom stereocenters. The highest BCUT2D eigenvalue weighted by Crippen LogP contribution is 2.22. The number of aryl methyl sites for hydroxylation is 2. The van der Waals surface area contributed by atoms with E-state index in [9.17, 15) is 8.42 Å². The van der Waals surface area contributed by atoms with Crippen LogP contribution in [0.1, 0.15) is 36.1 Å². The van der Waals surface area contributed by atoms with Gasteiger partial charge in [-0.3, -0.25) is 0 Å². The Kier molecular flexibility index (Phi) is 6.24. The van der Waals surface area contributed by atoms with Crippen LogP contribution in [-0.2, 0) is 15.8 Å². The predicted octanol–water partition coefficient (Wildman–Crippen LogP) is 2.74. The molecule has 2 aliphatic heterocycles. The van der Waals surface area contributed by atoms with Gasteiger partial charge in [0.15, 0.2) is 0 Å². The molecule has 0 spiro atoms. The van der Waals surface area contributed by atoms with E-state index in [1.165, 1.54) is 19.3 Å². The first-order chi connectivity index (χ1) is 14.4. The van der Waals surface area contributed by atoms with Crippen LogP contribution in [0.2, 0.25) is 0 Å². The van der Waals surface area contributed by atoms with Crippen LogP contribution in [0.5, 0.6) is 0 Å². The van der Waals surface area contributed by atoms with Gasteiger partial charge in [-0.05, 0) is 38.7 Å². The summed E-state index contributed by atoms with van der Waals surface area (Å²) in [6.07, 6.45) is 3.64. The summed E-state index contributed by atoms with van der Waals surface area (Å²) in [7, 11) is -3.32. The van der Waals surface area contributed by atoms with E-state index in [-0.39, 0.29) is 5.75 Å². The van der Waals surface area contributed by atoms with Crippen molar-refractivity contribution in [1.82, 2.24) is 14.3 Å². The number of piperazine rings is 1. The van der Waals surface area contributed by atoms with Crippen molar-refractivity contribution in [2.45, 2.75) is 38.9 Å². The topological polar surface area (TPSA) is 69.6 Å². The second kappa shape index (κ2) is 8.89. The third-order valence-electron chi connectivity index (χ3n) is 5.89. The van der Waals surface area contributed by atoms with Crippen LogP contribution in [0.25, 0.3) is 0 Å². The standard InChI is InChI=1S/C22H31N5O2S/c1-18-6-8-20(9-7-18)17-30(28,29)27-14-12-25(13-15-27)21-16-19(2)23-22(24-21)26-10-4-3-5-11-26/h6-9,16H,3-5,10-15,17H2,1-2H3. The van der Waals surface area contributed by atoms with Crippen molar-refractivity contribution in [2.24, 2.45) is 0 Å². The molecule has 7 nitrogen and oxygen atoms in total. The van der Waals surface area contributed by atoms with E-state index in [0.717, 1.165) is 41.7 Å². The van der Waals surface area contributed by atoms with Gasteiger partial charge in [-0.1, -0.05) is 29.8 Å². The summed E-state index contributed by atoms with van der Waals surface area (Å²) < 4.78 is 27.4. The molecule has 1 aromatic heterocycles. The monoisotopic (exact) mass is 429 g/mol. The molecule has 4 rings (SSSR count). The maximum atomic E-state index is 12.9. The summed E-state index contributed by atoms with van der Waals surface area (Å²) >= 11 is 0. The maximum Gasteiger partial charge on any atom is 0.227 e. The highest BCUT2D eigenvalue weighted by Gasteiger charge is 2.28. The second-order valence-electron chi connectivity index (χ2n) is 8.34. The van der Waals surface area contributed by atoms with Gasteiger partial charge in [-0.2, -0.15) is 9.29 Å². The molecule has 8 heteroatoms. The summed E-state index contributed by atoms with van der Waals surface area (Å²) in [6.45, 7) is 8.27. The summed E-state index contributed by atoms with van der Waals surface area (Å²) in [5.74, 6) is 1.76. The largest absolute Gasteiger partial charge is 0.354 e. The molecule has 2 saturated heterocycles. The fourth-order valence-corrected chi connectivity index (χ4v) is 5.63. The van der Waals surface area contributed by atoms with Crippen molar-refractivity contribution >= 4 is 21.8 Å². The molecule has 2 aromatic rings. The lowest BCUT2D eigenvalue weighted by atomic mass is 10.1. The fourth-order valence-electron chi connectivity index (χ4n) is 4.12. The van der Waals surface area contributed by atoms with Crippen LogP contribution in [-0.4, -0.2) is 62.0 Å². The number of hydrogen-bond donors (Lipinski definition) is 0. The second-order valence-corrected chi connectivity index (χ2v) is 10.3. The highest BCUT2D eigenvalue weighted by atomic mass is 32.2. The normalized spacial score (nSPS) is 18.6.